The third kappa shape index (κ3) is 1.81. The first-order valence-electron chi connectivity index (χ1n) is 4.58. The van der Waals surface area contributed by atoms with Gasteiger partial charge in [-0.25, -0.2) is 4.79 Å². The molecule has 1 aliphatic rings. The van der Waals surface area contributed by atoms with Crippen LogP contribution in [0.3, 0.4) is 0 Å². The van der Waals surface area contributed by atoms with Gasteiger partial charge in [0.25, 0.3) is 0 Å². The number of methoxy groups -OCH3 is 1. The topological polar surface area (TPSA) is 58.6 Å². The van der Waals surface area contributed by atoms with Crippen LogP contribution in [0.15, 0.2) is 0 Å². The number of amides is 2. The molecule has 1 aliphatic heterocycles. The first kappa shape index (κ1) is 10.8. The van der Waals surface area contributed by atoms with Crippen molar-refractivity contribution in [3.05, 3.63) is 0 Å². The average Bonchev–Trinajstić information content (AvgIpc) is 2.60. The maximum Gasteiger partial charge on any atom is 0.409 e. The van der Waals surface area contributed by atoms with Crippen LogP contribution in [0.25, 0.3) is 0 Å². The monoisotopic (exact) mass is 200 g/mol. The Kier molecular flexibility index (Phi) is 2.98. The zero-order valence-corrected chi connectivity index (χ0v) is 8.79. The first-order valence-corrected chi connectivity index (χ1v) is 4.58. The zero-order valence-electron chi connectivity index (χ0n) is 8.79. The van der Waals surface area contributed by atoms with Crippen LogP contribution in [0.5, 0.6) is 0 Å². The second-order valence-corrected chi connectivity index (χ2v) is 3.78. The van der Waals surface area contributed by atoms with Crippen LogP contribution in [-0.2, 0) is 9.53 Å². The number of likely N-dealkylation sites (tertiary alicyclic amines) is 1. The maximum atomic E-state index is 11.5. The van der Waals surface area contributed by atoms with Crippen LogP contribution < -0.4 is 5.32 Å². The SMILES string of the molecule is CNC(=O)C1(C)CCN(C(=O)OC)C1. The highest BCUT2D eigenvalue weighted by Crippen LogP contribution is 2.30. The molecule has 1 fully saturated rings. The third-order valence-electron chi connectivity index (χ3n) is 2.68. The fourth-order valence-electron chi connectivity index (χ4n) is 1.73. The summed E-state index contributed by atoms with van der Waals surface area (Å²) in [5.74, 6) is -0.0242. The van der Waals surface area contributed by atoms with Gasteiger partial charge in [0, 0.05) is 20.1 Å². The molecule has 0 aromatic heterocycles. The van der Waals surface area contributed by atoms with Crippen molar-refractivity contribution >= 4 is 12.0 Å². The zero-order chi connectivity index (χ0) is 10.8. The Morgan fingerprint density at radius 3 is 2.64 bits per heavy atom. The molecule has 80 valence electrons. The molecule has 0 saturated carbocycles. The van der Waals surface area contributed by atoms with E-state index in [4.69, 9.17) is 0 Å². The average molecular weight is 200 g/mol. The highest BCUT2D eigenvalue weighted by Gasteiger charge is 2.41. The summed E-state index contributed by atoms with van der Waals surface area (Å²) in [7, 11) is 2.95. The summed E-state index contributed by atoms with van der Waals surface area (Å²) >= 11 is 0. The van der Waals surface area contributed by atoms with E-state index in [1.54, 1.807) is 11.9 Å². The molecule has 1 unspecified atom stereocenters. The molecule has 1 saturated heterocycles. The van der Waals surface area contributed by atoms with Gasteiger partial charge in [-0.15, -0.1) is 0 Å². The summed E-state index contributed by atoms with van der Waals surface area (Å²) in [4.78, 5) is 24.2. The predicted octanol–water partition coefficient (Wildman–Crippen LogP) is 0.211. The van der Waals surface area contributed by atoms with Gasteiger partial charge >= 0.3 is 6.09 Å². The van der Waals surface area contributed by atoms with Crippen molar-refractivity contribution in [2.75, 3.05) is 27.2 Å². The Morgan fingerprint density at radius 1 is 1.50 bits per heavy atom. The van der Waals surface area contributed by atoms with E-state index in [0.717, 1.165) is 0 Å². The molecule has 2 amide bonds. The molecule has 5 heteroatoms. The van der Waals surface area contributed by atoms with E-state index in [-0.39, 0.29) is 12.0 Å². The van der Waals surface area contributed by atoms with Crippen molar-refractivity contribution in [1.82, 2.24) is 10.2 Å². The van der Waals surface area contributed by atoms with Crippen molar-refractivity contribution in [1.29, 1.82) is 0 Å². The summed E-state index contributed by atoms with van der Waals surface area (Å²) in [6.07, 6.45) is 0.319. The normalized spacial score (nSPS) is 26.1. The smallest absolute Gasteiger partial charge is 0.409 e. The Morgan fingerprint density at radius 2 is 2.14 bits per heavy atom. The molecule has 0 radical (unpaired) electrons. The lowest BCUT2D eigenvalue weighted by Gasteiger charge is -2.21. The molecule has 0 aromatic carbocycles. The Bertz CT molecular complexity index is 254. The first-order chi connectivity index (χ1) is 6.53. The summed E-state index contributed by atoms with van der Waals surface area (Å²) in [6.45, 7) is 2.87. The van der Waals surface area contributed by atoms with E-state index in [0.29, 0.717) is 19.5 Å². The lowest BCUT2D eigenvalue weighted by Crippen LogP contribution is -2.40. The van der Waals surface area contributed by atoms with Crippen molar-refractivity contribution in [3.63, 3.8) is 0 Å². The highest BCUT2D eigenvalue weighted by molar-refractivity contribution is 5.83. The fraction of sp³-hybridized carbons (Fsp3) is 0.778. The summed E-state index contributed by atoms with van der Waals surface area (Å²) in [5, 5.41) is 2.61. The standard InChI is InChI=1S/C9H16N2O3/c1-9(7(12)10-2)4-5-11(6-9)8(13)14-3/h4-6H2,1-3H3,(H,10,12). The van der Waals surface area contributed by atoms with Crippen molar-refractivity contribution in [2.45, 2.75) is 13.3 Å². The lowest BCUT2D eigenvalue weighted by atomic mass is 9.89. The predicted molar refractivity (Wildman–Crippen MR) is 50.8 cm³/mol. The van der Waals surface area contributed by atoms with Crippen LogP contribution in [0.2, 0.25) is 0 Å². The van der Waals surface area contributed by atoms with Gasteiger partial charge in [0.1, 0.15) is 0 Å². The summed E-state index contributed by atoms with van der Waals surface area (Å²) < 4.78 is 4.60. The highest BCUT2D eigenvalue weighted by atomic mass is 16.5. The van der Waals surface area contributed by atoms with Gasteiger partial charge in [-0.2, -0.15) is 0 Å². The minimum atomic E-state index is -0.469. The molecule has 1 atom stereocenters. The second kappa shape index (κ2) is 3.86. The lowest BCUT2D eigenvalue weighted by molar-refractivity contribution is -0.128. The number of hydrogen-bond donors (Lipinski definition) is 1. The van der Waals surface area contributed by atoms with E-state index >= 15 is 0 Å². The molecule has 0 aliphatic carbocycles. The van der Waals surface area contributed by atoms with Crippen LogP contribution >= 0.6 is 0 Å². The number of carbonyl (C=O) groups excluding carboxylic acids is 2. The molecular weight excluding hydrogens is 184 g/mol. The molecule has 0 aromatic rings. The maximum absolute atomic E-state index is 11.5. The Balaban J connectivity index is 2.64. The fourth-order valence-corrected chi connectivity index (χ4v) is 1.73. The molecule has 0 bridgehead atoms. The Labute approximate surface area is 83.4 Å². The van der Waals surface area contributed by atoms with E-state index < -0.39 is 5.41 Å². The van der Waals surface area contributed by atoms with E-state index in [9.17, 15) is 9.59 Å². The van der Waals surface area contributed by atoms with E-state index in [1.807, 2.05) is 6.92 Å². The van der Waals surface area contributed by atoms with Crippen LogP contribution in [0.1, 0.15) is 13.3 Å². The number of nitrogens with one attached hydrogen (secondary N) is 1. The minimum absolute atomic E-state index is 0.0242. The molecular formula is C9H16N2O3. The quantitative estimate of drug-likeness (QED) is 0.658. The third-order valence-corrected chi connectivity index (χ3v) is 2.68. The number of carbonyl (C=O) groups is 2. The Hall–Kier alpha value is -1.26. The van der Waals surface area contributed by atoms with Gasteiger partial charge in [-0.3, -0.25) is 4.79 Å². The number of ether oxygens (including phenoxy) is 1. The van der Waals surface area contributed by atoms with Crippen LogP contribution in [0, 0.1) is 5.41 Å². The molecule has 14 heavy (non-hydrogen) atoms. The number of nitrogens with zero attached hydrogens (tertiary/aromatic N) is 1. The van der Waals surface area contributed by atoms with Crippen LogP contribution in [-0.4, -0.2) is 44.1 Å². The number of hydrogen-bond acceptors (Lipinski definition) is 3. The second-order valence-electron chi connectivity index (χ2n) is 3.78. The summed E-state index contributed by atoms with van der Waals surface area (Å²) in [5.41, 5.74) is -0.469. The van der Waals surface area contributed by atoms with Gasteiger partial charge in [0.15, 0.2) is 0 Å². The van der Waals surface area contributed by atoms with E-state index in [2.05, 4.69) is 10.1 Å². The molecule has 1 N–H and O–H groups in total. The van der Waals surface area contributed by atoms with Crippen molar-refractivity contribution in [2.24, 2.45) is 5.41 Å². The van der Waals surface area contributed by atoms with E-state index in [1.165, 1.54) is 7.11 Å². The van der Waals surface area contributed by atoms with Gasteiger partial charge in [0.2, 0.25) is 5.91 Å². The van der Waals surface area contributed by atoms with Gasteiger partial charge in [-0.05, 0) is 13.3 Å². The molecule has 1 heterocycles. The van der Waals surface area contributed by atoms with Crippen molar-refractivity contribution in [3.8, 4) is 0 Å². The number of rotatable bonds is 1. The minimum Gasteiger partial charge on any atom is -0.453 e. The summed E-state index contributed by atoms with van der Waals surface area (Å²) in [6, 6.07) is 0. The van der Waals surface area contributed by atoms with Gasteiger partial charge < -0.3 is 15.0 Å². The largest absolute Gasteiger partial charge is 0.453 e. The van der Waals surface area contributed by atoms with Crippen LogP contribution in [0.4, 0.5) is 4.79 Å². The van der Waals surface area contributed by atoms with Gasteiger partial charge in [-0.1, -0.05) is 0 Å². The molecule has 5 nitrogen and oxygen atoms in total. The molecule has 1 rings (SSSR count). The van der Waals surface area contributed by atoms with Gasteiger partial charge in [0.05, 0.1) is 12.5 Å². The van der Waals surface area contributed by atoms with Crippen molar-refractivity contribution < 1.29 is 14.3 Å². The molecule has 0 spiro atoms.